The highest BCUT2D eigenvalue weighted by atomic mass is 16.5. The van der Waals surface area contributed by atoms with Crippen LogP contribution in [0.15, 0.2) is 0 Å². The van der Waals surface area contributed by atoms with E-state index < -0.39 is 0 Å². The van der Waals surface area contributed by atoms with Crippen LogP contribution in [0.5, 0.6) is 0 Å². The number of ether oxygens (including phenoxy) is 1. The average molecular weight is 213 g/mol. The molecule has 0 aromatic rings. The normalized spacial score (nSPS) is 26.7. The van der Waals surface area contributed by atoms with E-state index in [9.17, 15) is 4.79 Å². The van der Waals surface area contributed by atoms with Crippen LogP contribution < -0.4 is 5.32 Å². The quantitative estimate of drug-likeness (QED) is 0.727. The molecule has 0 unspecified atom stereocenters. The maximum atomic E-state index is 11.5. The molecule has 0 amide bonds. The van der Waals surface area contributed by atoms with Gasteiger partial charge in [0.25, 0.3) is 0 Å². The zero-order valence-electron chi connectivity index (χ0n) is 10.1. The molecular formula is C12H23NO2. The van der Waals surface area contributed by atoms with Crippen molar-refractivity contribution in [1.29, 1.82) is 0 Å². The molecule has 0 radical (unpaired) electrons. The van der Waals surface area contributed by atoms with Gasteiger partial charge in [-0.15, -0.1) is 0 Å². The molecule has 1 saturated carbocycles. The lowest BCUT2D eigenvalue weighted by Gasteiger charge is -2.29. The molecule has 0 saturated heterocycles. The minimum absolute atomic E-state index is 0.000460. The van der Waals surface area contributed by atoms with Gasteiger partial charge in [0.1, 0.15) is 0 Å². The molecule has 0 atom stereocenters. The molecule has 88 valence electrons. The number of carbonyl (C=O) groups is 1. The molecule has 0 aromatic heterocycles. The topological polar surface area (TPSA) is 38.3 Å². The fourth-order valence-electron chi connectivity index (χ4n) is 2.23. The molecule has 15 heavy (non-hydrogen) atoms. The monoisotopic (exact) mass is 213 g/mol. The first-order valence-electron chi connectivity index (χ1n) is 6.06. The van der Waals surface area contributed by atoms with Crippen LogP contribution in [0.1, 0.15) is 46.5 Å². The molecule has 0 spiro atoms. The predicted octanol–water partition coefficient (Wildman–Crippen LogP) is 2.11. The summed E-state index contributed by atoms with van der Waals surface area (Å²) in [5, 5.41) is 3.52. The van der Waals surface area contributed by atoms with Crippen LogP contribution in [0.2, 0.25) is 0 Å². The summed E-state index contributed by atoms with van der Waals surface area (Å²) in [6, 6.07) is 1.13. The second-order valence-electron chi connectivity index (χ2n) is 4.62. The SMILES string of the molecule is CCOC(=O)C1CCC(NC(C)C)CC1. The Hall–Kier alpha value is -0.570. The van der Waals surface area contributed by atoms with Crippen molar-refractivity contribution in [3.8, 4) is 0 Å². The molecule has 1 N–H and O–H groups in total. The second-order valence-corrected chi connectivity index (χ2v) is 4.62. The Morgan fingerprint density at radius 2 is 1.93 bits per heavy atom. The molecule has 1 fully saturated rings. The van der Waals surface area contributed by atoms with Gasteiger partial charge in [0.05, 0.1) is 12.5 Å². The molecule has 0 bridgehead atoms. The third-order valence-corrected chi connectivity index (χ3v) is 2.92. The summed E-state index contributed by atoms with van der Waals surface area (Å²) in [7, 11) is 0. The molecule has 1 aliphatic rings. The average Bonchev–Trinajstić information content (AvgIpc) is 2.18. The summed E-state index contributed by atoms with van der Waals surface area (Å²) in [4.78, 5) is 11.5. The third kappa shape index (κ3) is 4.20. The molecule has 0 heterocycles. The largest absolute Gasteiger partial charge is 0.466 e. The molecule has 1 rings (SSSR count). The standard InChI is InChI=1S/C12H23NO2/c1-4-15-12(14)10-5-7-11(8-6-10)13-9(2)3/h9-11,13H,4-8H2,1-3H3. The van der Waals surface area contributed by atoms with Crippen LogP contribution >= 0.6 is 0 Å². The Morgan fingerprint density at radius 1 is 1.33 bits per heavy atom. The van der Waals surface area contributed by atoms with Crippen molar-refractivity contribution in [2.75, 3.05) is 6.61 Å². The Bertz CT molecular complexity index is 196. The lowest BCUT2D eigenvalue weighted by atomic mass is 9.86. The first-order valence-corrected chi connectivity index (χ1v) is 6.06. The second kappa shape index (κ2) is 6.11. The minimum Gasteiger partial charge on any atom is -0.466 e. The Labute approximate surface area is 92.6 Å². The molecule has 1 aliphatic carbocycles. The molecule has 3 nitrogen and oxygen atoms in total. The van der Waals surface area contributed by atoms with E-state index in [0.717, 1.165) is 25.7 Å². The number of rotatable bonds is 4. The lowest BCUT2D eigenvalue weighted by Crippen LogP contribution is -2.38. The Balaban J connectivity index is 2.26. The van der Waals surface area contributed by atoms with Crippen molar-refractivity contribution in [3.63, 3.8) is 0 Å². The first kappa shape index (κ1) is 12.5. The van der Waals surface area contributed by atoms with Crippen LogP contribution in [0, 0.1) is 5.92 Å². The highest BCUT2D eigenvalue weighted by molar-refractivity contribution is 5.72. The van der Waals surface area contributed by atoms with Gasteiger partial charge in [-0.05, 0) is 32.6 Å². The number of nitrogens with one attached hydrogen (secondary N) is 1. The number of esters is 1. The van der Waals surface area contributed by atoms with E-state index in [1.165, 1.54) is 0 Å². The minimum atomic E-state index is 0.000460. The smallest absolute Gasteiger partial charge is 0.308 e. The van der Waals surface area contributed by atoms with Crippen LogP contribution in [-0.2, 0) is 9.53 Å². The van der Waals surface area contributed by atoms with E-state index in [0.29, 0.717) is 18.7 Å². The van der Waals surface area contributed by atoms with E-state index in [2.05, 4.69) is 19.2 Å². The maximum Gasteiger partial charge on any atom is 0.308 e. The Kier molecular flexibility index (Phi) is 5.09. The van der Waals surface area contributed by atoms with Crippen molar-refractivity contribution in [2.45, 2.75) is 58.5 Å². The van der Waals surface area contributed by atoms with Gasteiger partial charge in [-0.1, -0.05) is 13.8 Å². The zero-order valence-corrected chi connectivity index (χ0v) is 10.1. The van der Waals surface area contributed by atoms with Crippen molar-refractivity contribution < 1.29 is 9.53 Å². The number of hydrogen-bond donors (Lipinski definition) is 1. The van der Waals surface area contributed by atoms with Crippen molar-refractivity contribution in [2.24, 2.45) is 5.92 Å². The van der Waals surface area contributed by atoms with Gasteiger partial charge in [-0.25, -0.2) is 0 Å². The first-order chi connectivity index (χ1) is 7.13. The third-order valence-electron chi connectivity index (χ3n) is 2.92. The molecule has 3 heteroatoms. The van der Waals surface area contributed by atoms with Gasteiger partial charge in [-0.3, -0.25) is 4.79 Å². The van der Waals surface area contributed by atoms with Crippen LogP contribution in [0.25, 0.3) is 0 Å². The van der Waals surface area contributed by atoms with Crippen LogP contribution in [0.4, 0.5) is 0 Å². The fraction of sp³-hybridized carbons (Fsp3) is 0.917. The van der Waals surface area contributed by atoms with Gasteiger partial charge in [0, 0.05) is 12.1 Å². The summed E-state index contributed by atoms with van der Waals surface area (Å²) in [6.45, 7) is 6.70. The summed E-state index contributed by atoms with van der Waals surface area (Å²) in [5.74, 6) is 0.149. The van der Waals surface area contributed by atoms with Gasteiger partial charge >= 0.3 is 5.97 Å². The highest BCUT2D eigenvalue weighted by Crippen LogP contribution is 2.25. The van der Waals surface area contributed by atoms with Crippen LogP contribution in [0.3, 0.4) is 0 Å². The van der Waals surface area contributed by atoms with Crippen molar-refractivity contribution in [3.05, 3.63) is 0 Å². The van der Waals surface area contributed by atoms with E-state index in [4.69, 9.17) is 4.74 Å². The summed E-state index contributed by atoms with van der Waals surface area (Å²) in [6.07, 6.45) is 4.15. The predicted molar refractivity (Wildman–Crippen MR) is 60.7 cm³/mol. The van der Waals surface area contributed by atoms with Gasteiger partial charge in [0.2, 0.25) is 0 Å². The van der Waals surface area contributed by atoms with E-state index in [1.807, 2.05) is 6.92 Å². The van der Waals surface area contributed by atoms with Crippen molar-refractivity contribution >= 4 is 5.97 Å². The summed E-state index contributed by atoms with van der Waals surface area (Å²) >= 11 is 0. The fourth-order valence-corrected chi connectivity index (χ4v) is 2.23. The van der Waals surface area contributed by atoms with Crippen molar-refractivity contribution in [1.82, 2.24) is 5.32 Å². The summed E-state index contributed by atoms with van der Waals surface area (Å²) < 4.78 is 5.04. The van der Waals surface area contributed by atoms with E-state index in [-0.39, 0.29) is 11.9 Å². The Morgan fingerprint density at radius 3 is 2.40 bits per heavy atom. The zero-order chi connectivity index (χ0) is 11.3. The van der Waals surface area contributed by atoms with Gasteiger partial charge in [0.15, 0.2) is 0 Å². The summed E-state index contributed by atoms with van der Waals surface area (Å²) in [5.41, 5.74) is 0. The highest BCUT2D eigenvalue weighted by Gasteiger charge is 2.27. The number of carbonyl (C=O) groups excluding carboxylic acids is 1. The van der Waals surface area contributed by atoms with Gasteiger partial charge in [-0.2, -0.15) is 0 Å². The molecule has 0 aliphatic heterocycles. The number of hydrogen-bond acceptors (Lipinski definition) is 3. The van der Waals surface area contributed by atoms with E-state index >= 15 is 0 Å². The lowest BCUT2D eigenvalue weighted by molar-refractivity contribution is -0.149. The van der Waals surface area contributed by atoms with Gasteiger partial charge < -0.3 is 10.1 Å². The molecule has 0 aromatic carbocycles. The molecular weight excluding hydrogens is 190 g/mol. The van der Waals surface area contributed by atoms with Crippen LogP contribution in [-0.4, -0.2) is 24.7 Å². The maximum absolute atomic E-state index is 11.5. The van der Waals surface area contributed by atoms with E-state index in [1.54, 1.807) is 0 Å².